The summed E-state index contributed by atoms with van der Waals surface area (Å²) in [5, 5.41) is 12.7. The highest BCUT2D eigenvalue weighted by atomic mass is 35.5. The van der Waals surface area contributed by atoms with E-state index in [0.717, 1.165) is 32.4 Å². The highest BCUT2D eigenvalue weighted by molar-refractivity contribution is 7.89. The molecule has 0 unspecified atom stereocenters. The van der Waals surface area contributed by atoms with E-state index in [1.54, 1.807) is 12.1 Å². The Hall–Kier alpha value is -2.37. The van der Waals surface area contributed by atoms with Gasteiger partial charge in [0.1, 0.15) is 16.0 Å². The SMILES string of the molecule is N#Cc1ccccc1S(=O)(=O)n1ncc(N2CCCCC2)c(Cl)c1=O. The minimum absolute atomic E-state index is 0.0626. The molecule has 130 valence electrons. The fourth-order valence-corrected chi connectivity index (χ4v) is 4.42. The highest BCUT2D eigenvalue weighted by Crippen LogP contribution is 2.25. The minimum Gasteiger partial charge on any atom is -0.369 e. The summed E-state index contributed by atoms with van der Waals surface area (Å²) < 4.78 is 25.8. The lowest BCUT2D eigenvalue weighted by atomic mass is 10.1. The minimum atomic E-state index is -4.31. The summed E-state index contributed by atoms with van der Waals surface area (Å²) >= 11 is 6.15. The first-order chi connectivity index (χ1) is 12.0. The van der Waals surface area contributed by atoms with E-state index in [9.17, 15) is 13.2 Å². The number of rotatable bonds is 3. The summed E-state index contributed by atoms with van der Waals surface area (Å²) in [4.78, 5) is 14.2. The maximum absolute atomic E-state index is 12.8. The molecule has 0 amide bonds. The third-order valence-corrected chi connectivity index (χ3v) is 6.06. The van der Waals surface area contributed by atoms with Gasteiger partial charge in [0.2, 0.25) is 0 Å². The summed E-state index contributed by atoms with van der Waals surface area (Å²) in [5.74, 6) is 0. The lowest BCUT2D eigenvalue weighted by Crippen LogP contribution is -2.35. The van der Waals surface area contributed by atoms with Crippen molar-refractivity contribution in [2.45, 2.75) is 24.2 Å². The molecule has 0 aliphatic carbocycles. The van der Waals surface area contributed by atoms with Gasteiger partial charge < -0.3 is 4.90 Å². The molecule has 2 aromatic rings. The van der Waals surface area contributed by atoms with Gasteiger partial charge in [0.05, 0.1) is 17.4 Å². The molecule has 0 radical (unpaired) electrons. The summed E-state index contributed by atoms with van der Waals surface area (Å²) in [6.45, 7) is 1.49. The molecule has 0 bridgehead atoms. The number of aromatic nitrogens is 2. The number of benzene rings is 1. The van der Waals surface area contributed by atoms with Crippen molar-refractivity contribution in [3.8, 4) is 6.07 Å². The average Bonchev–Trinajstić information content (AvgIpc) is 2.64. The normalized spacial score (nSPS) is 15.0. The molecular weight excluding hydrogens is 364 g/mol. The van der Waals surface area contributed by atoms with E-state index in [2.05, 4.69) is 5.10 Å². The molecule has 1 aromatic carbocycles. The van der Waals surface area contributed by atoms with E-state index >= 15 is 0 Å². The lowest BCUT2D eigenvalue weighted by Gasteiger charge is -2.29. The Morgan fingerprint density at radius 2 is 1.84 bits per heavy atom. The van der Waals surface area contributed by atoms with Gasteiger partial charge in [0.25, 0.3) is 10.0 Å². The van der Waals surface area contributed by atoms with E-state index in [1.807, 2.05) is 4.90 Å². The number of nitriles is 1. The maximum Gasteiger partial charge on any atom is 0.302 e. The van der Waals surface area contributed by atoms with Crippen LogP contribution in [0.4, 0.5) is 5.69 Å². The Bertz CT molecular complexity index is 1000. The van der Waals surface area contributed by atoms with Gasteiger partial charge in [-0.1, -0.05) is 23.7 Å². The third kappa shape index (κ3) is 3.13. The fourth-order valence-electron chi connectivity index (χ4n) is 2.81. The third-order valence-electron chi connectivity index (χ3n) is 4.08. The number of hydrogen-bond donors (Lipinski definition) is 0. The molecule has 9 heteroatoms. The van der Waals surface area contributed by atoms with Gasteiger partial charge in [-0.15, -0.1) is 4.09 Å². The van der Waals surface area contributed by atoms with E-state index in [0.29, 0.717) is 9.77 Å². The van der Waals surface area contributed by atoms with Crippen LogP contribution in [-0.2, 0) is 10.0 Å². The van der Waals surface area contributed by atoms with Crippen LogP contribution in [0, 0.1) is 11.3 Å². The van der Waals surface area contributed by atoms with Crippen molar-refractivity contribution in [1.29, 1.82) is 5.26 Å². The molecule has 1 fully saturated rings. The molecule has 0 N–H and O–H groups in total. The first-order valence-electron chi connectivity index (χ1n) is 7.74. The smallest absolute Gasteiger partial charge is 0.302 e. The number of halogens is 1. The Labute approximate surface area is 150 Å². The topological polar surface area (TPSA) is 96.1 Å². The molecule has 0 atom stereocenters. The highest BCUT2D eigenvalue weighted by Gasteiger charge is 2.26. The molecule has 2 heterocycles. The Morgan fingerprint density at radius 1 is 1.16 bits per heavy atom. The number of hydrogen-bond acceptors (Lipinski definition) is 6. The van der Waals surface area contributed by atoms with Crippen molar-refractivity contribution < 1.29 is 8.42 Å². The van der Waals surface area contributed by atoms with Gasteiger partial charge in [0, 0.05) is 13.1 Å². The van der Waals surface area contributed by atoms with E-state index in [1.165, 1.54) is 24.4 Å². The zero-order valence-electron chi connectivity index (χ0n) is 13.2. The second kappa shape index (κ2) is 6.86. The number of piperidine rings is 1. The number of nitrogens with zero attached hydrogens (tertiary/aromatic N) is 4. The van der Waals surface area contributed by atoms with Crippen LogP contribution in [0.5, 0.6) is 0 Å². The quantitative estimate of drug-likeness (QED) is 0.810. The molecule has 25 heavy (non-hydrogen) atoms. The van der Waals surface area contributed by atoms with Gasteiger partial charge in [-0.3, -0.25) is 4.79 Å². The van der Waals surface area contributed by atoms with Gasteiger partial charge in [-0.25, -0.2) is 0 Å². The van der Waals surface area contributed by atoms with E-state index in [-0.39, 0.29) is 15.5 Å². The molecule has 1 aromatic heterocycles. The summed E-state index contributed by atoms with van der Waals surface area (Å²) in [7, 11) is -4.31. The second-order valence-electron chi connectivity index (χ2n) is 5.65. The number of anilines is 1. The van der Waals surface area contributed by atoms with Crippen molar-refractivity contribution in [3.63, 3.8) is 0 Å². The van der Waals surface area contributed by atoms with Crippen molar-refractivity contribution in [2.24, 2.45) is 0 Å². The first-order valence-corrected chi connectivity index (χ1v) is 9.56. The monoisotopic (exact) mass is 378 g/mol. The second-order valence-corrected chi connectivity index (χ2v) is 7.77. The van der Waals surface area contributed by atoms with Crippen molar-refractivity contribution in [3.05, 3.63) is 51.4 Å². The van der Waals surface area contributed by atoms with Crippen molar-refractivity contribution in [1.82, 2.24) is 9.19 Å². The summed E-state index contributed by atoms with van der Waals surface area (Å²) in [6.07, 6.45) is 4.36. The summed E-state index contributed by atoms with van der Waals surface area (Å²) in [5.41, 5.74) is -0.545. The van der Waals surface area contributed by atoms with Crippen LogP contribution >= 0.6 is 11.6 Å². The molecule has 1 aliphatic rings. The Kier molecular flexibility index (Phi) is 4.79. The fraction of sp³-hybridized carbons (Fsp3) is 0.312. The molecular formula is C16H15ClN4O3S. The van der Waals surface area contributed by atoms with Crippen LogP contribution in [0.15, 0.2) is 40.2 Å². The van der Waals surface area contributed by atoms with E-state index in [4.69, 9.17) is 16.9 Å². The molecule has 0 saturated carbocycles. The standard InChI is InChI=1S/C16H15ClN4O3S/c17-15-13(20-8-4-1-5-9-20)11-19-21(16(15)22)25(23,24)14-7-3-2-6-12(14)10-18/h2-3,6-7,11H,1,4-5,8-9H2. The molecule has 0 spiro atoms. The Morgan fingerprint density at radius 3 is 2.52 bits per heavy atom. The van der Waals surface area contributed by atoms with Crippen LogP contribution < -0.4 is 10.5 Å². The van der Waals surface area contributed by atoms with Crippen LogP contribution in [-0.4, -0.2) is 30.7 Å². The van der Waals surface area contributed by atoms with Crippen LogP contribution in [0.1, 0.15) is 24.8 Å². The molecule has 1 saturated heterocycles. The van der Waals surface area contributed by atoms with Crippen LogP contribution in [0.25, 0.3) is 0 Å². The van der Waals surface area contributed by atoms with E-state index < -0.39 is 15.6 Å². The lowest BCUT2D eigenvalue weighted by molar-refractivity contribution is 0.569. The zero-order valence-corrected chi connectivity index (χ0v) is 14.8. The predicted molar refractivity (Wildman–Crippen MR) is 93.3 cm³/mol. The van der Waals surface area contributed by atoms with Gasteiger partial charge in [0.15, 0.2) is 0 Å². The van der Waals surface area contributed by atoms with Gasteiger partial charge >= 0.3 is 5.56 Å². The molecule has 7 nitrogen and oxygen atoms in total. The van der Waals surface area contributed by atoms with Crippen molar-refractivity contribution >= 4 is 27.3 Å². The van der Waals surface area contributed by atoms with Gasteiger partial charge in [-0.05, 0) is 31.4 Å². The maximum atomic E-state index is 12.8. The predicted octanol–water partition coefficient (Wildman–Crippen LogP) is 2.00. The van der Waals surface area contributed by atoms with Crippen molar-refractivity contribution in [2.75, 3.05) is 18.0 Å². The average molecular weight is 379 g/mol. The largest absolute Gasteiger partial charge is 0.369 e. The molecule has 3 rings (SSSR count). The first kappa shape index (κ1) is 17.5. The molecule has 1 aliphatic heterocycles. The van der Waals surface area contributed by atoms with Gasteiger partial charge in [-0.2, -0.15) is 18.8 Å². The van der Waals surface area contributed by atoms with Crippen LogP contribution in [0.2, 0.25) is 5.02 Å². The Balaban J connectivity index is 2.11. The van der Waals surface area contributed by atoms with Crippen LogP contribution in [0.3, 0.4) is 0 Å². The zero-order chi connectivity index (χ0) is 18.0. The summed E-state index contributed by atoms with van der Waals surface area (Å²) in [6, 6.07) is 7.44.